The third-order valence-electron chi connectivity index (χ3n) is 4.01. The zero-order valence-electron chi connectivity index (χ0n) is 13.4. The molecule has 0 spiro atoms. The number of hydrogen-bond donors (Lipinski definition) is 1. The molecule has 1 rings (SSSR count). The number of nitrogens with one attached hydrogen (secondary N) is 1. The predicted octanol–water partition coefficient (Wildman–Crippen LogP) is 2.22. The largest absolute Gasteiger partial charge is 0.382 e. The van der Waals surface area contributed by atoms with Crippen molar-refractivity contribution in [1.29, 1.82) is 0 Å². The average Bonchev–Trinajstić information content (AvgIpc) is 2.52. The third kappa shape index (κ3) is 5.03. The molecule has 0 bridgehead atoms. The van der Waals surface area contributed by atoms with E-state index in [1.54, 1.807) is 7.11 Å². The van der Waals surface area contributed by atoms with Crippen molar-refractivity contribution in [3.05, 3.63) is 0 Å². The van der Waals surface area contributed by atoms with Crippen LogP contribution in [0.3, 0.4) is 0 Å². The van der Waals surface area contributed by atoms with Gasteiger partial charge in [0.2, 0.25) is 0 Å². The quantitative estimate of drug-likeness (QED) is 0.688. The highest BCUT2D eigenvalue weighted by atomic mass is 16.5. The van der Waals surface area contributed by atoms with Gasteiger partial charge >= 0.3 is 0 Å². The molecular formula is C15H31NO3. The van der Waals surface area contributed by atoms with Crippen LogP contribution < -0.4 is 5.32 Å². The van der Waals surface area contributed by atoms with Crippen LogP contribution in [0.25, 0.3) is 0 Å². The summed E-state index contributed by atoms with van der Waals surface area (Å²) in [5.41, 5.74) is -0.107. The van der Waals surface area contributed by atoms with Crippen LogP contribution in [0.1, 0.15) is 40.5 Å². The summed E-state index contributed by atoms with van der Waals surface area (Å²) in [5, 5.41) is 3.44. The maximum atomic E-state index is 6.18. The first-order valence-corrected chi connectivity index (χ1v) is 7.26. The van der Waals surface area contributed by atoms with Crippen LogP contribution in [-0.4, -0.2) is 51.2 Å². The van der Waals surface area contributed by atoms with E-state index in [4.69, 9.17) is 14.2 Å². The van der Waals surface area contributed by atoms with Crippen molar-refractivity contribution in [1.82, 2.24) is 5.32 Å². The molecule has 1 aliphatic heterocycles. The highest BCUT2D eigenvalue weighted by molar-refractivity contribution is 4.99. The zero-order valence-corrected chi connectivity index (χ0v) is 13.4. The topological polar surface area (TPSA) is 39.7 Å². The Morgan fingerprint density at radius 1 is 1.21 bits per heavy atom. The van der Waals surface area contributed by atoms with Gasteiger partial charge in [-0.15, -0.1) is 0 Å². The lowest BCUT2D eigenvalue weighted by Gasteiger charge is -2.32. The first-order chi connectivity index (χ1) is 8.82. The molecule has 114 valence electrons. The second kappa shape index (κ2) is 7.02. The van der Waals surface area contributed by atoms with Crippen LogP contribution in [0.2, 0.25) is 0 Å². The number of hydrogen-bond acceptors (Lipinski definition) is 4. The van der Waals surface area contributed by atoms with Crippen molar-refractivity contribution in [3.8, 4) is 0 Å². The lowest BCUT2D eigenvalue weighted by molar-refractivity contribution is -0.0783. The van der Waals surface area contributed by atoms with Gasteiger partial charge < -0.3 is 19.5 Å². The molecule has 19 heavy (non-hydrogen) atoms. The average molecular weight is 273 g/mol. The molecule has 4 nitrogen and oxygen atoms in total. The summed E-state index contributed by atoms with van der Waals surface area (Å²) in [7, 11) is 3.72. The van der Waals surface area contributed by atoms with Gasteiger partial charge in [0.1, 0.15) is 0 Å². The third-order valence-corrected chi connectivity index (χ3v) is 4.01. The van der Waals surface area contributed by atoms with Gasteiger partial charge in [0.15, 0.2) is 0 Å². The summed E-state index contributed by atoms with van der Waals surface area (Å²) in [6.45, 7) is 10.8. The highest BCUT2D eigenvalue weighted by Gasteiger charge is 2.48. The van der Waals surface area contributed by atoms with Crippen LogP contribution in [0, 0.1) is 5.92 Å². The zero-order chi connectivity index (χ0) is 14.5. The smallest absolute Gasteiger partial charge is 0.0700 e. The van der Waals surface area contributed by atoms with E-state index in [-0.39, 0.29) is 11.2 Å². The van der Waals surface area contributed by atoms with Gasteiger partial charge in [-0.1, -0.05) is 0 Å². The Kier molecular flexibility index (Phi) is 6.24. The van der Waals surface area contributed by atoms with E-state index >= 15 is 0 Å². The minimum Gasteiger partial charge on any atom is -0.382 e. The summed E-state index contributed by atoms with van der Waals surface area (Å²) in [6, 6.07) is 0.430. The molecule has 1 aliphatic rings. The van der Waals surface area contributed by atoms with Crippen LogP contribution in [0.4, 0.5) is 0 Å². The fraction of sp³-hybridized carbons (Fsp3) is 1.00. The van der Waals surface area contributed by atoms with Crippen molar-refractivity contribution in [2.45, 2.75) is 57.8 Å². The Hall–Kier alpha value is -0.160. The molecule has 0 aromatic heterocycles. The molecule has 0 aliphatic carbocycles. The van der Waals surface area contributed by atoms with E-state index < -0.39 is 0 Å². The SMILES string of the molecule is CNC(CCOCCOC)C1CC(C)(C)OC1(C)C. The maximum absolute atomic E-state index is 6.18. The minimum atomic E-state index is -0.0797. The number of ether oxygens (including phenoxy) is 3. The molecule has 1 saturated heterocycles. The van der Waals surface area contributed by atoms with Crippen molar-refractivity contribution >= 4 is 0 Å². The van der Waals surface area contributed by atoms with E-state index in [2.05, 4.69) is 33.0 Å². The summed E-state index contributed by atoms with van der Waals surface area (Å²) in [4.78, 5) is 0. The minimum absolute atomic E-state index is 0.0276. The van der Waals surface area contributed by atoms with E-state index in [9.17, 15) is 0 Å². The molecule has 0 aromatic carbocycles. The Labute approximate surface area is 118 Å². The second-order valence-corrected chi connectivity index (χ2v) is 6.56. The Balaban J connectivity index is 2.46. The predicted molar refractivity (Wildman–Crippen MR) is 77.5 cm³/mol. The number of rotatable bonds is 8. The summed E-state index contributed by atoms with van der Waals surface area (Å²) in [5.74, 6) is 0.513. The monoisotopic (exact) mass is 273 g/mol. The van der Waals surface area contributed by atoms with Crippen molar-refractivity contribution in [2.24, 2.45) is 5.92 Å². The standard InChI is InChI=1S/C15H31NO3/c1-14(2)11-12(15(3,4)19-14)13(16-5)7-8-18-10-9-17-6/h12-13,16H,7-11H2,1-6H3. The van der Waals surface area contributed by atoms with Crippen LogP contribution in [-0.2, 0) is 14.2 Å². The normalized spacial score (nSPS) is 26.5. The summed E-state index contributed by atoms with van der Waals surface area (Å²) >= 11 is 0. The number of methoxy groups -OCH3 is 1. The summed E-state index contributed by atoms with van der Waals surface area (Å²) in [6.07, 6.45) is 2.09. The van der Waals surface area contributed by atoms with Gasteiger partial charge in [-0.2, -0.15) is 0 Å². The fourth-order valence-corrected chi connectivity index (χ4v) is 3.23. The highest BCUT2D eigenvalue weighted by Crippen LogP contribution is 2.44. The molecule has 0 saturated carbocycles. The molecule has 4 heteroatoms. The molecule has 0 amide bonds. The van der Waals surface area contributed by atoms with Crippen molar-refractivity contribution in [2.75, 3.05) is 34.0 Å². The molecule has 0 aromatic rings. The van der Waals surface area contributed by atoms with Gasteiger partial charge in [0.05, 0.1) is 24.4 Å². The van der Waals surface area contributed by atoms with Gasteiger partial charge in [0, 0.05) is 25.7 Å². The Morgan fingerprint density at radius 3 is 2.37 bits per heavy atom. The van der Waals surface area contributed by atoms with E-state index in [0.717, 1.165) is 19.4 Å². The van der Waals surface area contributed by atoms with Crippen LogP contribution in [0.15, 0.2) is 0 Å². The molecule has 2 unspecified atom stereocenters. The second-order valence-electron chi connectivity index (χ2n) is 6.56. The lowest BCUT2D eigenvalue weighted by atomic mass is 9.80. The maximum Gasteiger partial charge on any atom is 0.0700 e. The first-order valence-electron chi connectivity index (χ1n) is 7.26. The fourth-order valence-electron chi connectivity index (χ4n) is 3.23. The van der Waals surface area contributed by atoms with Crippen LogP contribution >= 0.6 is 0 Å². The Morgan fingerprint density at radius 2 is 1.89 bits per heavy atom. The van der Waals surface area contributed by atoms with Crippen molar-refractivity contribution < 1.29 is 14.2 Å². The van der Waals surface area contributed by atoms with Gasteiger partial charge in [0.25, 0.3) is 0 Å². The van der Waals surface area contributed by atoms with Crippen molar-refractivity contribution in [3.63, 3.8) is 0 Å². The lowest BCUT2D eigenvalue weighted by Crippen LogP contribution is -2.43. The van der Waals surface area contributed by atoms with E-state index in [1.807, 2.05) is 7.05 Å². The van der Waals surface area contributed by atoms with Crippen LogP contribution in [0.5, 0.6) is 0 Å². The molecule has 1 heterocycles. The van der Waals surface area contributed by atoms with E-state index in [0.29, 0.717) is 25.2 Å². The summed E-state index contributed by atoms with van der Waals surface area (Å²) < 4.78 is 16.7. The van der Waals surface area contributed by atoms with Gasteiger partial charge in [-0.05, 0) is 47.6 Å². The molecular weight excluding hydrogens is 242 g/mol. The first kappa shape index (κ1) is 16.9. The van der Waals surface area contributed by atoms with E-state index in [1.165, 1.54) is 0 Å². The van der Waals surface area contributed by atoms with Gasteiger partial charge in [-0.25, -0.2) is 0 Å². The molecule has 1 N–H and O–H groups in total. The molecule has 0 radical (unpaired) electrons. The molecule has 1 fully saturated rings. The Bertz CT molecular complexity index is 266. The molecule has 2 atom stereocenters. The van der Waals surface area contributed by atoms with Gasteiger partial charge in [-0.3, -0.25) is 0 Å².